The molecule has 1 unspecified atom stereocenters. The standard InChI is InChI=1S/C16H26N2O/c1-13(18-10-9-17-12-16(18,2)3)11-14-5-7-15(19-4)8-6-14/h5-8,13,17H,9-12H2,1-4H3. The van der Waals surface area contributed by atoms with Crippen molar-refractivity contribution < 1.29 is 4.74 Å². The minimum Gasteiger partial charge on any atom is -0.497 e. The summed E-state index contributed by atoms with van der Waals surface area (Å²) in [5.74, 6) is 0.930. The minimum atomic E-state index is 0.240. The van der Waals surface area contributed by atoms with Crippen LogP contribution in [0.1, 0.15) is 26.3 Å². The van der Waals surface area contributed by atoms with Gasteiger partial charge in [0.2, 0.25) is 0 Å². The van der Waals surface area contributed by atoms with Crippen molar-refractivity contribution >= 4 is 0 Å². The maximum Gasteiger partial charge on any atom is 0.118 e. The third-order valence-electron chi connectivity index (χ3n) is 4.09. The number of ether oxygens (including phenoxy) is 1. The predicted octanol–water partition coefficient (Wildman–Crippen LogP) is 2.31. The summed E-state index contributed by atoms with van der Waals surface area (Å²) in [6.45, 7) is 10.3. The van der Waals surface area contributed by atoms with Gasteiger partial charge in [0.15, 0.2) is 0 Å². The number of methoxy groups -OCH3 is 1. The first-order valence-electron chi connectivity index (χ1n) is 7.13. The average Bonchev–Trinajstić information content (AvgIpc) is 2.39. The second kappa shape index (κ2) is 5.93. The quantitative estimate of drug-likeness (QED) is 0.901. The highest BCUT2D eigenvalue weighted by Gasteiger charge is 2.32. The van der Waals surface area contributed by atoms with E-state index in [2.05, 4.69) is 43.1 Å². The molecule has 0 amide bonds. The molecule has 19 heavy (non-hydrogen) atoms. The van der Waals surface area contributed by atoms with Crippen molar-refractivity contribution in [2.45, 2.75) is 38.8 Å². The van der Waals surface area contributed by atoms with E-state index in [9.17, 15) is 0 Å². The van der Waals surface area contributed by atoms with Crippen molar-refractivity contribution in [3.05, 3.63) is 29.8 Å². The molecule has 0 saturated carbocycles. The van der Waals surface area contributed by atoms with Crippen LogP contribution in [-0.4, -0.2) is 43.2 Å². The zero-order chi connectivity index (χ0) is 13.9. The number of nitrogens with one attached hydrogen (secondary N) is 1. The van der Waals surface area contributed by atoms with Crippen LogP contribution in [0.25, 0.3) is 0 Å². The molecule has 1 atom stereocenters. The van der Waals surface area contributed by atoms with E-state index in [1.807, 2.05) is 12.1 Å². The zero-order valence-corrected chi connectivity index (χ0v) is 12.6. The van der Waals surface area contributed by atoms with Gasteiger partial charge in [-0.05, 0) is 44.9 Å². The number of hydrogen-bond acceptors (Lipinski definition) is 3. The maximum atomic E-state index is 5.20. The van der Waals surface area contributed by atoms with Crippen LogP contribution >= 0.6 is 0 Å². The Morgan fingerprint density at radius 3 is 2.58 bits per heavy atom. The summed E-state index contributed by atoms with van der Waals surface area (Å²) < 4.78 is 5.20. The number of nitrogens with zero attached hydrogens (tertiary/aromatic N) is 1. The maximum absolute atomic E-state index is 5.20. The Morgan fingerprint density at radius 2 is 2.00 bits per heavy atom. The fourth-order valence-corrected chi connectivity index (χ4v) is 3.03. The molecule has 0 radical (unpaired) electrons. The van der Waals surface area contributed by atoms with Crippen LogP contribution in [0.2, 0.25) is 0 Å². The molecular weight excluding hydrogens is 236 g/mol. The molecule has 0 aliphatic carbocycles. The lowest BCUT2D eigenvalue weighted by Crippen LogP contribution is -2.60. The summed E-state index contributed by atoms with van der Waals surface area (Å²) in [5, 5.41) is 3.48. The predicted molar refractivity (Wildman–Crippen MR) is 79.8 cm³/mol. The molecule has 1 aromatic carbocycles. The van der Waals surface area contributed by atoms with Crippen LogP contribution in [0.4, 0.5) is 0 Å². The van der Waals surface area contributed by atoms with Crippen molar-refractivity contribution in [2.24, 2.45) is 0 Å². The van der Waals surface area contributed by atoms with E-state index in [-0.39, 0.29) is 5.54 Å². The highest BCUT2D eigenvalue weighted by Crippen LogP contribution is 2.22. The number of hydrogen-bond donors (Lipinski definition) is 1. The van der Waals surface area contributed by atoms with Gasteiger partial charge in [-0.3, -0.25) is 4.90 Å². The molecule has 3 heteroatoms. The highest BCUT2D eigenvalue weighted by molar-refractivity contribution is 5.27. The zero-order valence-electron chi connectivity index (χ0n) is 12.6. The van der Waals surface area contributed by atoms with Gasteiger partial charge in [-0.25, -0.2) is 0 Å². The number of piperazine rings is 1. The molecule has 1 fully saturated rings. The summed E-state index contributed by atoms with van der Waals surface area (Å²) in [6.07, 6.45) is 1.09. The number of rotatable bonds is 4. The van der Waals surface area contributed by atoms with Crippen LogP contribution < -0.4 is 10.1 Å². The van der Waals surface area contributed by atoms with Gasteiger partial charge in [0.05, 0.1) is 7.11 Å². The van der Waals surface area contributed by atoms with E-state index in [4.69, 9.17) is 4.74 Å². The molecule has 2 rings (SSSR count). The van der Waals surface area contributed by atoms with Gasteiger partial charge in [0.1, 0.15) is 5.75 Å². The Labute approximate surface area is 116 Å². The van der Waals surface area contributed by atoms with E-state index in [1.165, 1.54) is 5.56 Å². The lowest BCUT2D eigenvalue weighted by molar-refractivity contribution is 0.0523. The van der Waals surface area contributed by atoms with E-state index in [0.717, 1.165) is 31.8 Å². The molecule has 0 aromatic heterocycles. The molecule has 1 saturated heterocycles. The van der Waals surface area contributed by atoms with Gasteiger partial charge in [-0.1, -0.05) is 12.1 Å². The van der Waals surface area contributed by atoms with Crippen molar-refractivity contribution in [3.8, 4) is 5.75 Å². The summed E-state index contributed by atoms with van der Waals surface area (Å²) in [4.78, 5) is 2.62. The Hall–Kier alpha value is -1.06. The molecule has 106 valence electrons. The van der Waals surface area contributed by atoms with Crippen LogP contribution in [0.15, 0.2) is 24.3 Å². The molecule has 1 N–H and O–H groups in total. The molecule has 1 aliphatic rings. The fourth-order valence-electron chi connectivity index (χ4n) is 3.03. The molecule has 0 bridgehead atoms. The SMILES string of the molecule is COc1ccc(CC(C)N2CCNCC2(C)C)cc1. The Bertz CT molecular complexity index is 400. The third-order valence-corrected chi connectivity index (χ3v) is 4.09. The fraction of sp³-hybridized carbons (Fsp3) is 0.625. The summed E-state index contributed by atoms with van der Waals surface area (Å²) in [6, 6.07) is 9.00. The Morgan fingerprint density at radius 1 is 1.32 bits per heavy atom. The van der Waals surface area contributed by atoms with Gasteiger partial charge in [0.25, 0.3) is 0 Å². The van der Waals surface area contributed by atoms with Crippen molar-refractivity contribution in [3.63, 3.8) is 0 Å². The molecule has 1 heterocycles. The van der Waals surface area contributed by atoms with Crippen molar-refractivity contribution in [1.29, 1.82) is 0 Å². The van der Waals surface area contributed by atoms with Gasteiger partial charge in [-0.2, -0.15) is 0 Å². The van der Waals surface area contributed by atoms with Gasteiger partial charge >= 0.3 is 0 Å². The lowest BCUT2D eigenvalue weighted by atomic mass is 9.95. The molecule has 0 spiro atoms. The topological polar surface area (TPSA) is 24.5 Å². The summed E-state index contributed by atoms with van der Waals surface area (Å²) in [5.41, 5.74) is 1.62. The van der Waals surface area contributed by atoms with Crippen LogP contribution in [0, 0.1) is 0 Å². The van der Waals surface area contributed by atoms with Crippen molar-refractivity contribution in [1.82, 2.24) is 10.2 Å². The molecular formula is C16H26N2O. The van der Waals surface area contributed by atoms with E-state index < -0.39 is 0 Å². The van der Waals surface area contributed by atoms with E-state index in [1.54, 1.807) is 7.11 Å². The summed E-state index contributed by atoms with van der Waals surface area (Å²) >= 11 is 0. The van der Waals surface area contributed by atoms with Gasteiger partial charge in [0, 0.05) is 31.2 Å². The van der Waals surface area contributed by atoms with Crippen LogP contribution in [-0.2, 0) is 6.42 Å². The van der Waals surface area contributed by atoms with Crippen LogP contribution in [0.3, 0.4) is 0 Å². The second-order valence-electron chi connectivity index (χ2n) is 6.08. The molecule has 3 nitrogen and oxygen atoms in total. The van der Waals surface area contributed by atoms with Gasteiger partial charge in [-0.15, -0.1) is 0 Å². The largest absolute Gasteiger partial charge is 0.497 e. The normalized spacial score (nSPS) is 21.1. The smallest absolute Gasteiger partial charge is 0.118 e. The first-order chi connectivity index (χ1) is 9.03. The Balaban J connectivity index is 2.01. The second-order valence-corrected chi connectivity index (χ2v) is 6.08. The molecule has 1 aliphatic heterocycles. The minimum absolute atomic E-state index is 0.240. The Kier molecular flexibility index (Phi) is 4.48. The van der Waals surface area contributed by atoms with Gasteiger partial charge < -0.3 is 10.1 Å². The highest BCUT2D eigenvalue weighted by atomic mass is 16.5. The lowest BCUT2D eigenvalue weighted by Gasteiger charge is -2.46. The van der Waals surface area contributed by atoms with E-state index in [0.29, 0.717) is 6.04 Å². The van der Waals surface area contributed by atoms with Crippen LogP contribution in [0.5, 0.6) is 5.75 Å². The van der Waals surface area contributed by atoms with E-state index >= 15 is 0 Å². The monoisotopic (exact) mass is 262 g/mol. The van der Waals surface area contributed by atoms with Crippen molar-refractivity contribution in [2.75, 3.05) is 26.7 Å². The first kappa shape index (κ1) is 14.4. The third kappa shape index (κ3) is 3.48. The first-order valence-corrected chi connectivity index (χ1v) is 7.13. The summed E-state index contributed by atoms with van der Waals surface area (Å²) in [7, 11) is 1.71. The average molecular weight is 262 g/mol. The number of benzene rings is 1. The molecule has 1 aromatic rings.